The van der Waals surface area contributed by atoms with Crippen LogP contribution in [0, 0.1) is 0 Å². The highest BCUT2D eigenvalue weighted by molar-refractivity contribution is 5.76. The third-order valence-corrected chi connectivity index (χ3v) is 5.43. The zero-order valence-electron chi connectivity index (χ0n) is 17.0. The van der Waals surface area contributed by atoms with Crippen LogP contribution in [0.3, 0.4) is 0 Å². The molecule has 150 valence electrons. The molecule has 0 radical (unpaired) electrons. The SMILES string of the molecule is CN(C)c1ccc([C@@H](CNC(=O)CCc2ccccc2)[NH+]2CCOCC2)cc1. The quantitative estimate of drug-likeness (QED) is 0.727. The molecule has 1 heterocycles. The summed E-state index contributed by atoms with van der Waals surface area (Å²) in [4.78, 5) is 16.0. The molecule has 2 N–H and O–H groups in total. The van der Waals surface area contributed by atoms with Crippen LogP contribution >= 0.6 is 0 Å². The third kappa shape index (κ3) is 5.81. The molecule has 5 heteroatoms. The van der Waals surface area contributed by atoms with Crippen molar-refractivity contribution in [2.45, 2.75) is 18.9 Å². The van der Waals surface area contributed by atoms with Gasteiger partial charge in [-0.2, -0.15) is 0 Å². The van der Waals surface area contributed by atoms with Crippen molar-refractivity contribution in [1.82, 2.24) is 5.32 Å². The number of aryl methyl sites for hydroxylation is 1. The van der Waals surface area contributed by atoms with Crippen LogP contribution in [0.5, 0.6) is 0 Å². The molecule has 0 aromatic heterocycles. The van der Waals surface area contributed by atoms with Gasteiger partial charge in [0.1, 0.15) is 19.1 Å². The van der Waals surface area contributed by atoms with Crippen molar-refractivity contribution < 1.29 is 14.4 Å². The average molecular weight is 383 g/mol. The van der Waals surface area contributed by atoms with Crippen LogP contribution in [0.1, 0.15) is 23.6 Å². The number of ether oxygens (including phenoxy) is 1. The number of nitrogens with zero attached hydrogens (tertiary/aromatic N) is 1. The van der Waals surface area contributed by atoms with Crippen LogP contribution < -0.4 is 15.1 Å². The molecule has 1 atom stereocenters. The van der Waals surface area contributed by atoms with E-state index in [1.165, 1.54) is 21.7 Å². The van der Waals surface area contributed by atoms with Crippen LogP contribution in [-0.2, 0) is 16.0 Å². The van der Waals surface area contributed by atoms with Gasteiger partial charge in [0, 0.05) is 31.8 Å². The minimum Gasteiger partial charge on any atom is -0.378 e. The fraction of sp³-hybridized carbons (Fsp3) is 0.435. The number of carbonyl (C=O) groups is 1. The standard InChI is InChI=1S/C23H31N3O2/c1-25(2)21-11-9-20(10-12-21)22(26-14-16-28-17-15-26)18-24-23(27)13-8-19-6-4-3-5-7-19/h3-7,9-12,22H,8,13-18H2,1-2H3,(H,24,27)/p+1/t22-/m1/s1. The minimum absolute atomic E-state index is 0.117. The first-order chi connectivity index (χ1) is 13.6. The van der Waals surface area contributed by atoms with Gasteiger partial charge in [0.05, 0.1) is 19.8 Å². The van der Waals surface area contributed by atoms with E-state index in [9.17, 15) is 4.79 Å². The number of quaternary nitrogens is 1. The van der Waals surface area contributed by atoms with Crippen molar-refractivity contribution in [3.8, 4) is 0 Å². The second kappa shape index (κ2) is 10.2. The number of rotatable bonds is 8. The van der Waals surface area contributed by atoms with E-state index in [0.29, 0.717) is 13.0 Å². The zero-order chi connectivity index (χ0) is 19.8. The summed E-state index contributed by atoms with van der Waals surface area (Å²) in [6.45, 7) is 4.16. The summed E-state index contributed by atoms with van der Waals surface area (Å²) in [5.74, 6) is 0.117. The molecule has 0 bridgehead atoms. The molecule has 3 rings (SSSR count). The molecule has 2 aromatic carbocycles. The number of amides is 1. The Morgan fingerprint density at radius 1 is 1.07 bits per heavy atom. The maximum absolute atomic E-state index is 12.4. The Balaban J connectivity index is 1.61. The molecule has 0 unspecified atom stereocenters. The number of morpholine rings is 1. The van der Waals surface area contributed by atoms with Gasteiger partial charge in [-0.25, -0.2) is 0 Å². The topological polar surface area (TPSA) is 46.0 Å². The Kier molecular flexibility index (Phi) is 7.46. The normalized spacial score (nSPS) is 15.8. The van der Waals surface area contributed by atoms with Gasteiger partial charge >= 0.3 is 0 Å². The van der Waals surface area contributed by atoms with Crippen molar-refractivity contribution in [1.29, 1.82) is 0 Å². The van der Waals surface area contributed by atoms with E-state index in [1.54, 1.807) is 0 Å². The third-order valence-electron chi connectivity index (χ3n) is 5.43. The van der Waals surface area contributed by atoms with E-state index >= 15 is 0 Å². The number of benzene rings is 2. The van der Waals surface area contributed by atoms with Crippen LogP contribution in [0.4, 0.5) is 5.69 Å². The lowest BCUT2D eigenvalue weighted by Crippen LogP contribution is -3.15. The molecule has 0 saturated carbocycles. The molecule has 1 amide bonds. The molecule has 1 aliphatic heterocycles. The van der Waals surface area contributed by atoms with Crippen molar-refractivity contribution in [3.63, 3.8) is 0 Å². The minimum atomic E-state index is 0.117. The van der Waals surface area contributed by atoms with E-state index in [4.69, 9.17) is 4.74 Å². The van der Waals surface area contributed by atoms with Crippen molar-refractivity contribution >= 4 is 11.6 Å². The van der Waals surface area contributed by atoms with Crippen LogP contribution in [0.25, 0.3) is 0 Å². The van der Waals surface area contributed by atoms with E-state index in [-0.39, 0.29) is 11.9 Å². The Labute approximate surface area is 168 Å². The Morgan fingerprint density at radius 2 is 1.75 bits per heavy atom. The number of hydrogen-bond donors (Lipinski definition) is 2. The summed E-state index contributed by atoms with van der Waals surface area (Å²) in [7, 11) is 4.10. The van der Waals surface area contributed by atoms with E-state index < -0.39 is 0 Å². The van der Waals surface area contributed by atoms with E-state index in [2.05, 4.69) is 46.6 Å². The first kappa shape index (κ1) is 20.4. The lowest BCUT2D eigenvalue weighted by atomic mass is 10.0. The second-order valence-electron chi connectivity index (χ2n) is 7.60. The highest BCUT2D eigenvalue weighted by Crippen LogP contribution is 2.16. The summed E-state index contributed by atoms with van der Waals surface area (Å²) < 4.78 is 5.53. The lowest BCUT2D eigenvalue weighted by Gasteiger charge is -2.32. The summed E-state index contributed by atoms with van der Waals surface area (Å²) in [5.41, 5.74) is 3.66. The van der Waals surface area contributed by atoms with Crippen LogP contribution in [-0.4, -0.2) is 52.9 Å². The number of carbonyl (C=O) groups excluding carboxylic acids is 1. The number of anilines is 1. The molecule has 1 fully saturated rings. The first-order valence-electron chi connectivity index (χ1n) is 10.1. The lowest BCUT2D eigenvalue weighted by molar-refractivity contribution is -0.937. The Morgan fingerprint density at radius 3 is 2.39 bits per heavy atom. The van der Waals surface area contributed by atoms with Gasteiger partial charge in [-0.3, -0.25) is 4.79 Å². The van der Waals surface area contributed by atoms with Crippen molar-refractivity contribution in [2.24, 2.45) is 0 Å². The second-order valence-corrected chi connectivity index (χ2v) is 7.60. The molecule has 28 heavy (non-hydrogen) atoms. The molecule has 0 spiro atoms. The van der Waals surface area contributed by atoms with Gasteiger partial charge in [0.25, 0.3) is 0 Å². The molecular formula is C23H32N3O2+. The summed E-state index contributed by atoms with van der Waals surface area (Å²) >= 11 is 0. The van der Waals surface area contributed by atoms with Gasteiger partial charge in [0.15, 0.2) is 0 Å². The smallest absolute Gasteiger partial charge is 0.220 e. The molecule has 5 nitrogen and oxygen atoms in total. The predicted molar refractivity (Wildman–Crippen MR) is 113 cm³/mol. The monoisotopic (exact) mass is 382 g/mol. The van der Waals surface area contributed by atoms with Crippen molar-refractivity contribution in [2.75, 3.05) is 51.8 Å². The summed E-state index contributed by atoms with van der Waals surface area (Å²) in [6, 6.07) is 19.1. The highest BCUT2D eigenvalue weighted by atomic mass is 16.5. The largest absolute Gasteiger partial charge is 0.378 e. The van der Waals surface area contributed by atoms with E-state index in [1.807, 2.05) is 32.3 Å². The molecule has 1 aliphatic rings. The van der Waals surface area contributed by atoms with Crippen molar-refractivity contribution in [3.05, 3.63) is 65.7 Å². The summed E-state index contributed by atoms with van der Waals surface area (Å²) in [6.07, 6.45) is 1.30. The van der Waals surface area contributed by atoms with Crippen LogP contribution in [0.2, 0.25) is 0 Å². The number of nitrogens with one attached hydrogen (secondary N) is 2. The molecule has 0 aliphatic carbocycles. The van der Waals surface area contributed by atoms with Gasteiger partial charge in [0.2, 0.25) is 5.91 Å². The molecule has 2 aromatic rings. The predicted octanol–water partition coefficient (Wildman–Crippen LogP) is 1.46. The molecular weight excluding hydrogens is 350 g/mol. The fourth-order valence-electron chi connectivity index (χ4n) is 3.69. The Hall–Kier alpha value is -2.37. The summed E-state index contributed by atoms with van der Waals surface area (Å²) in [5, 5.41) is 3.18. The Bertz CT molecular complexity index is 725. The van der Waals surface area contributed by atoms with E-state index in [0.717, 1.165) is 32.7 Å². The maximum atomic E-state index is 12.4. The number of hydrogen-bond acceptors (Lipinski definition) is 3. The van der Waals surface area contributed by atoms with Gasteiger partial charge in [-0.15, -0.1) is 0 Å². The maximum Gasteiger partial charge on any atom is 0.220 e. The van der Waals surface area contributed by atoms with Gasteiger partial charge in [-0.1, -0.05) is 42.5 Å². The van der Waals surface area contributed by atoms with Gasteiger partial charge < -0.3 is 19.9 Å². The molecule has 1 saturated heterocycles. The van der Waals surface area contributed by atoms with Gasteiger partial charge in [-0.05, 0) is 24.1 Å². The highest BCUT2D eigenvalue weighted by Gasteiger charge is 2.26. The average Bonchev–Trinajstić information content (AvgIpc) is 2.74. The first-order valence-corrected chi connectivity index (χ1v) is 10.1. The fourth-order valence-corrected chi connectivity index (χ4v) is 3.69. The zero-order valence-corrected chi connectivity index (χ0v) is 17.0. The van der Waals surface area contributed by atoms with Crippen LogP contribution in [0.15, 0.2) is 54.6 Å².